The van der Waals surface area contributed by atoms with Crippen molar-refractivity contribution in [2.45, 2.75) is 103 Å². The Morgan fingerprint density at radius 3 is 1.96 bits per heavy atom. The number of hydrogen-bond donors (Lipinski definition) is 0. The van der Waals surface area contributed by atoms with Crippen LogP contribution in [0.4, 0.5) is 0 Å². The minimum Gasteiger partial charge on any atom is -0.330 e. The van der Waals surface area contributed by atoms with Crippen molar-refractivity contribution >= 4 is 0 Å². The minimum absolute atomic E-state index is 0.428. The van der Waals surface area contributed by atoms with Gasteiger partial charge in [-0.3, -0.25) is 0 Å². The Labute approximate surface area is 167 Å². The van der Waals surface area contributed by atoms with Crippen molar-refractivity contribution in [2.24, 2.45) is 0 Å². The Bertz CT molecular complexity index is 588. The molecule has 2 aromatic rings. The van der Waals surface area contributed by atoms with Gasteiger partial charge < -0.3 is 4.57 Å². The van der Waals surface area contributed by atoms with Gasteiger partial charge in [0.05, 0.1) is 12.4 Å². The van der Waals surface area contributed by atoms with E-state index >= 15 is 0 Å². The van der Waals surface area contributed by atoms with Crippen molar-refractivity contribution in [3.8, 4) is 0 Å². The second-order valence-electron chi connectivity index (χ2n) is 8.06. The molecule has 2 nitrogen and oxygen atoms in total. The number of imidazole rings is 1. The molecule has 0 bridgehead atoms. The minimum atomic E-state index is 0.428. The molecule has 0 radical (unpaired) electrons. The normalized spacial score (nSPS) is 12.4. The van der Waals surface area contributed by atoms with Crippen molar-refractivity contribution in [1.29, 1.82) is 0 Å². The highest BCUT2D eigenvalue weighted by molar-refractivity contribution is 5.29. The number of rotatable bonds is 15. The molecule has 2 rings (SSSR count). The predicted molar refractivity (Wildman–Crippen MR) is 117 cm³/mol. The maximum absolute atomic E-state index is 4.27. The first-order valence-corrected chi connectivity index (χ1v) is 11.4. The quantitative estimate of drug-likeness (QED) is 0.292. The highest BCUT2D eigenvalue weighted by Crippen LogP contribution is 2.27. The van der Waals surface area contributed by atoms with Crippen LogP contribution < -0.4 is 0 Å². The maximum atomic E-state index is 4.27. The van der Waals surface area contributed by atoms with Crippen molar-refractivity contribution < 1.29 is 0 Å². The van der Waals surface area contributed by atoms with Crippen molar-refractivity contribution in [3.63, 3.8) is 0 Å². The molecule has 150 valence electrons. The Morgan fingerprint density at radius 2 is 1.41 bits per heavy atom. The van der Waals surface area contributed by atoms with Crippen LogP contribution in [-0.4, -0.2) is 9.55 Å². The number of benzene rings is 1. The Morgan fingerprint density at radius 1 is 0.815 bits per heavy atom. The van der Waals surface area contributed by atoms with Crippen LogP contribution in [0, 0.1) is 6.92 Å². The fourth-order valence-electron chi connectivity index (χ4n) is 4.06. The maximum Gasteiger partial charge on any atom is 0.0951 e. The highest BCUT2D eigenvalue weighted by atomic mass is 15.0. The van der Waals surface area contributed by atoms with E-state index in [-0.39, 0.29) is 0 Å². The zero-order chi connectivity index (χ0) is 19.2. The van der Waals surface area contributed by atoms with Gasteiger partial charge in [-0.1, -0.05) is 108 Å². The Kier molecular flexibility index (Phi) is 10.9. The van der Waals surface area contributed by atoms with Gasteiger partial charge in [0, 0.05) is 12.4 Å². The molecule has 2 heteroatoms. The van der Waals surface area contributed by atoms with E-state index in [0.717, 1.165) is 0 Å². The molecule has 0 amide bonds. The highest BCUT2D eigenvalue weighted by Gasteiger charge is 2.14. The van der Waals surface area contributed by atoms with Crippen LogP contribution in [0.15, 0.2) is 43.0 Å². The van der Waals surface area contributed by atoms with Gasteiger partial charge in [-0.25, -0.2) is 4.98 Å². The van der Waals surface area contributed by atoms with Crippen LogP contribution in [0.5, 0.6) is 0 Å². The summed E-state index contributed by atoms with van der Waals surface area (Å²) >= 11 is 0. The third kappa shape index (κ3) is 8.32. The molecule has 1 aromatic heterocycles. The van der Waals surface area contributed by atoms with Gasteiger partial charge in [0.25, 0.3) is 0 Å². The van der Waals surface area contributed by atoms with Crippen molar-refractivity contribution in [1.82, 2.24) is 9.55 Å². The van der Waals surface area contributed by atoms with Crippen LogP contribution in [0.3, 0.4) is 0 Å². The van der Waals surface area contributed by atoms with Crippen molar-refractivity contribution in [3.05, 3.63) is 54.1 Å². The van der Waals surface area contributed by atoms with Crippen LogP contribution in [0.2, 0.25) is 0 Å². The molecule has 27 heavy (non-hydrogen) atoms. The van der Waals surface area contributed by atoms with E-state index in [9.17, 15) is 0 Å². The zero-order valence-corrected chi connectivity index (χ0v) is 17.7. The topological polar surface area (TPSA) is 17.8 Å². The van der Waals surface area contributed by atoms with Crippen LogP contribution in [0.1, 0.15) is 108 Å². The van der Waals surface area contributed by atoms with Crippen LogP contribution >= 0.6 is 0 Å². The molecular weight excluding hydrogens is 328 g/mol. The lowest BCUT2D eigenvalue weighted by Crippen LogP contribution is -2.10. The van der Waals surface area contributed by atoms with E-state index in [1.165, 1.54) is 94.6 Å². The van der Waals surface area contributed by atoms with E-state index in [4.69, 9.17) is 0 Å². The molecule has 0 aliphatic rings. The van der Waals surface area contributed by atoms with E-state index in [1.54, 1.807) is 0 Å². The summed E-state index contributed by atoms with van der Waals surface area (Å²) in [4.78, 5) is 4.27. The van der Waals surface area contributed by atoms with E-state index in [1.807, 2.05) is 12.5 Å². The Hall–Kier alpha value is -1.57. The monoisotopic (exact) mass is 368 g/mol. The van der Waals surface area contributed by atoms with Crippen LogP contribution in [0.25, 0.3) is 0 Å². The molecule has 0 saturated heterocycles. The third-order valence-corrected chi connectivity index (χ3v) is 5.76. The molecule has 0 fully saturated rings. The lowest BCUT2D eigenvalue weighted by Gasteiger charge is -2.21. The fourth-order valence-corrected chi connectivity index (χ4v) is 4.06. The molecule has 1 aromatic carbocycles. The van der Waals surface area contributed by atoms with Gasteiger partial charge >= 0.3 is 0 Å². The van der Waals surface area contributed by atoms with E-state index in [0.29, 0.717) is 6.04 Å². The first-order chi connectivity index (χ1) is 13.3. The molecule has 0 saturated carbocycles. The summed E-state index contributed by atoms with van der Waals surface area (Å²) in [6.07, 6.45) is 24.1. The average Bonchev–Trinajstić information content (AvgIpc) is 3.21. The summed E-state index contributed by atoms with van der Waals surface area (Å²) in [6, 6.07) is 9.22. The first-order valence-electron chi connectivity index (χ1n) is 11.4. The van der Waals surface area contributed by atoms with E-state index in [2.05, 4.69) is 53.9 Å². The summed E-state index contributed by atoms with van der Waals surface area (Å²) in [6.45, 7) is 4.51. The SMILES string of the molecule is CCCCCCCCCCCCCCC(c1ccccc1C)n1ccnc1. The fraction of sp³-hybridized carbons (Fsp3) is 0.640. The number of aryl methyl sites for hydroxylation is 1. The number of unbranched alkanes of at least 4 members (excludes halogenated alkanes) is 11. The lowest BCUT2D eigenvalue weighted by molar-refractivity contribution is 0.485. The second kappa shape index (κ2) is 13.6. The molecule has 0 spiro atoms. The van der Waals surface area contributed by atoms with Gasteiger partial charge in [-0.15, -0.1) is 0 Å². The van der Waals surface area contributed by atoms with Gasteiger partial charge in [-0.2, -0.15) is 0 Å². The van der Waals surface area contributed by atoms with Gasteiger partial charge in [0.1, 0.15) is 0 Å². The van der Waals surface area contributed by atoms with Crippen LogP contribution in [-0.2, 0) is 0 Å². The van der Waals surface area contributed by atoms with Crippen molar-refractivity contribution in [2.75, 3.05) is 0 Å². The molecule has 1 heterocycles. The summed E-state index contributed by atoms with van der Waals surface area (Å²) in [5.74, 6) is 0. The molecule has 0 aliphatic carbocycles. The lowest BCUT2D eigenvalue weighted by atomic mass is 9.96. The number of aromatic nitrogens is 2. The van der Waals surface area contributed by atoms with Gasteiger partial charge in [-0.05, 0) is 24.5 Å². The molecular formula is C25H40N2. The number of nitrogens with zero attached hydrogens (tertiary/aromatic N) is 2. The summed E-state index contributed by atoms with van der Waals surface area (Å²) in [5, 5.41) is 0. The summed E-state index contributed by atoms with van der Waals surface area (Å²) in [5.41, 5.74) is 2.83. The average molecular weight is 369 g/mol. The largest absolute Gasteiger partial charge is 0.330 e. The zero-order valence-electron chi connectivity index (χ0n) is 17.7. The second-order valence-corrected chi connectivity index (χ2v) is 8.06. The molecule has 0 N–H and O–H groups in total. The molecule has 0 aliphatic heterocycles. The molecule has 1 atom stereocenters. The predicted octanol–water partition coefficient (Wildman–Crippen LogP) is 7.87. The van der Waals surface area contributed by atoms with Gasteiger partial charge in [0.15, 0.2) is 0 Å². The first kappa shape index (κ1) is 21.7. The van der Waals surface area contributed by atoms with E-state index < -0.39 is 0 Å². The number of hydrogen-bond acceptors (Lipinski definition) is 1. The summed E-state index contributed by atoms with van der Waals surface area (Å²) < 4.78 is 2.28. The third-order valence-electron chi connectivity index (χ3n) is 5.76. The summed E-state index contributed by atoms with van der Waals surface area (Å²) in [7, 11) is 0. The smallest absolute Gasteiger partial charge is 0.0951 e. The molecule has 1 unspecified atom stereocenters. The standard InChI is InChI=1S/C25H40N2/c1-3-4-5-6-7-8-9-10-11-12-13-14-19-25(27-21-20-26-22-27)24-18-16-15-17-23(24)2/h15-18,20-22,25H,3-14,19H2,1-2H3. The van der Waals surface area contributed by atoms with Gasteiger partial charge in [0.2, 0.25) is 0 Å². The Balaban J connectivity index is 1.61.